The van der Waals surface area contributed by atoms with Crippen LogP contribution in [0.5, 0.6) is 0 Å². The van der Waals surface area contributed by atoms with Crippen LogP contribution in [0, 0.1) is 6.92 Å². The second-order valence-electron chi connectivity index (χ2n) is 5.45. The maximum absolute atomic E-state index is 12.2. The summed E-state index contributed by atoms with van der Waals surface area (Å²) in [5.74, 6) is 0.00352. The Hall–Kier alpha value is -2.27. The third-order valence-corrected chi connectivity index (χ3v) is 4.38. The second-order valence-corrected chi connectivity index (χ2v) is 6.50. The van der Waals surface area contributed by atoms with Gasteiger partial charge in [-0.2, -0.15) is 0 Å². The topological polar surface area (TPSA) is 58.2 Å². The molecule has 2 aromatic rings. The van der Waals surface area contributed by atoms with E-state index in [9.17, 15) is 9.59 Å². The van der Waals surface area contributed by atoms with Gasteiger partial charge in [0.25, 0.3) is 5.91 Å². The van der Waals surface area contributed by atoms with E-state index in [1.807, 2.05) is 38.1 Å². The van der Waals surface area contributed by atoms with Gasteiger partial charge in [-0.25, -0.2) is 0 Å². The molecule has 0 aliphatic heterocycles. The Labute approximate surface area is 147 Å². The van der Waals surface area contributed by atoms with E-state index in [4.69, 9.17) is 0 Å². The van der Waals surface area contributed by atoms with E-state index in [1.165, 1.54) is 17.3 Å². The van der Waals surface area contributed by atoms with Crippen LogP contribution < -0.4 is 10.6 Å². The van der Waals surface area contributed by atoms with Crippen LogP contribution in [0.3, 0.4) is 0 Å². The number of hydrogen-bond acceptors (Lipinski definition) is 3. The Balaban J connectivity index is 1.96. The molecule has 0 heterocycles. The van der Waals surface area contributed by atoms with Crippen LogP contribution in [-0.2, 0) is 4.79 Å². The predicted octanol–water partition coefficient (Wildman–Crippen LogP) is 3.87. The fraction of sp³-hybridized carbons (Fsp3) is 0.263. The van der Waals surface area contributed by atoms with Crippen LogP contribution in [0.25, 0.3) is 0 Å². The van der Waals surface area contributed by atoms with Gasteiger partial charge >= 0.3 is 0 Å². The lowest BCUT2D eigenvalue weighted by Gasteiger charge is -2.11. The first-order valence-electron chi connectivity index (χ1n) is 7.96. The van der Waals surface area contributed by atoms with E-state index in [0.717, 1.165) is 11.3 Å². The lowest BCUT2D eigenvalue weighted by molar-refractivity contribution is -0.113. The van der Waals surface area contributed by atoms with Gasteiger partial charge in [-0.3, -0.25) is 9.59 Å². The first-order chi connectivity index (χ1) is 11.6. The van der Waals surface area contributed by atoms with Crippen molar-refractivity contribution in [1.29, 1.82) is 0 Å². The number of hydrogen-bond donors (Lipinski definition) is 2. The number of amides is 2. The SMILES string of the molecule is CCCNC(=O)c1ccccc1NC(=O)CSc1ccc(C)cc1. The van der Waals surface area contributed by atoms with Crippen molar-refractivity contribution < 1.29 is 9.59 Å². The maximum atomic E-state index is 12.2. The summed E-state index contributed by atoms with van der Waals surface area (Å²) in [7, 11) is 0. The predicted molar refractivity (Wildman–Crippen MR) is 99.6 cm³/mol. The molecule has 0 aromatic heterocycles. The molecule has 0 aliphatic rings. The van der Waals surface area contributed by atoms with Gasteiger partial charge in [-0.15, -0.1) is 11.8 Å². The van der Waals surface area contributed by atoms with Gasteiger partial charge < -0.3 is 10.6 Å². The van der Waals surface area contributed by atoms with Crippen molar-refractivity contribution in [3.05, 3.63) is 59.7 Å². The highest BCUT2D eigenvalue weighted by molar-refractivity contribution is 8.00. The quantitative estimate of drug-likeness (QED) is 0.751. The Bertz CT molecular complexity index is 699. The maximum Gasteiger partial charge on any atom is 0.253 e. The Kier molecular flexibility index (Phi) is 6.88. The zero-order valence-electron chi connectivity index (χ0n) is 14.0. The third kappa shape index (κ3) is 5.42. The van der Waals surface area contributed by atoms with Crippen molar-refractivity contribution in [2.24, 2.45) is 0 Å². The molecule has 0 fully saturated rings. The molecular formula is C19H22N2O2S. The molecule has 0 saturated carbocycles. The summed E-state index contributed by atoms with van der Waals surface area (Å²) in [4.78, 5) is 25.4. The Morgan fingerprint density at radius 3 is 2.46 bits per heavy atom. The van der Waals surface area contributed by atoms with Crippen molar-refractivity contribution in [2.75, 3.05) is 17.6 Å². The van der Waals surface area contributed by atoms with E-state index in [1.54, 1.807) is 24.3 Å². The van der Waals surface area contributed by atoms with Gasteiger partial charge in [0.15, 0.2) is 0 Å². The van der Waals surface area contributed by atoms with Crippen LogP contribution in [0.2, 0.25) is 0 Å². The summed E-state index contributed by atoms with van der Waals surface area (Å²) < 4.78 is 0. The summed E-state index contributed by atoms with van der Waals surface area (Å²) in [5.41, 5.74) is 2.22. The molecule has 0 bridgehead atoms. The Morgan fingerprint density at radius 1 is 1.04 bits per heavy atom. The molecule has 4 nitrogen and oxygen atoms in total. The zero-order chi connectivity index (χ0) is 17.4. The fourth-order valence-electron chi connectivity index (χ4n) is 2.09. The van der Waals surface area contributed by atoms with Crippen molar-refractivity contribution in [1.82, 2.24) is 5.32 Å². The van der Waals surface area contributed by atoms with E-state index in [-0.39, 0.29) is 11.8 Å². The number of benzene rings is 2. The number of thioether (sulfide) groups is 1. The molecule has 126 valence electrons. The van der Waals surface area contributed by atoms with Gasteiger partial charge in [0.1, 0.15) is 0 Å². The number of rotatable bonds is 7. The van der Waals surface area contributed by atoms with E-state index < -0.39 is 0 Å². The van der Waals surface area contributed by atoms with Crippen molar-refractivity contribution in [3.8, 4) is 0 Å². The molecule has 2 rings (SSSR count). The van der Waals surface area contributed by atoms with Crippen LogP contribution in [-0.4, -0.2) is 24.1 Å². The van der Waals surface area contributed by atoms with Gasteiger partial charge in [0, 0.05) is 11.4 Å². The summed E-state index contributed by atoms with van der Waals surface area (Å²) in [6.07, 6.45) is 0.869. The highest BCUT2D eigenvalue weighted by atomic mass is 32.2. The molecule has 0 saturated heterocycles. The number of para-hydroxylation sites is 1. The number of carbonyl (C=O) groups is 2. The van der Waals surface area contributed by atoms with E-state index >= 15 is 0 Å². The highest BCUT2D eigenvalue weighted by Gasteiger charge is 2.12. The molecule has 2 amide bonds. The van der Waals surface area contributed by atoms with Gasteiger partial charge in [-0.1, -0.05) is 36.8 Å². The summed E-state index contributed by atoms with van der Waals surface area (Å²) in [5, 5.41) is 5.66. The minimum atomic E-state index is -0.168. The summed E-state index contributed by atoms with van der Waals surface area (Å²) >= 11 is 1.47. The first kappa shape index (κ1) is 18.1. The average molecular weight is 342 g/mol. The normalized spacial score (nSPS) is 10.2. The van der Waals surface area contributed by atoms with Crippen LogP contribution in [0.15, 0.2) is 53.4 Å². The molecule has 0 spiro atoms. The molecular weight excluding hydrogens is 320 g/mol. The molecule has 24 heavy (non-hydrogen) atoms. The largest absolute Gasteiger partial charge is 0.352 e. The monoisotopic (exact) mass is 342 g/mol. The third-order valence-electron chi connectivity index (χ3n) is 3.37. The lowest BCUT2D eigenvalue weighted by atomic mass is 10.1. The summed E-state index contributed by atoms with van der Waals surface area (Å²) in [6.45, 7) is 4.64. The zero-order valence-corrected chi connectivity index (χ0v) is 14.8. The minimum Gasteiger partial charge on any atom is -0.352 e. The van der Waals surface area contributed by atoms with Gasteiger partial charge in [-0.05, 0) is 37.6 Å². The molecule has 5 heteroatoms. The lowest BCUT2D eigenvalue weighted by Crippen LogP contribution is -2.26. The number of aryl methyl sites for hydroxylation is 1. The van der Waals surface area contributed by atoms with Crippen molar-refractivity contribution in [3.63, 3.8) is 0 Å². The second kappa shape index (κ2) is 9.13. The molecule has 0 unspecified atom stereocenters. The van der Waals surface area contributed by atoms with Crippen molar-refractivity contribution >= 4 is 29.3 Å². The Morgan fingerprint density at radius 2 is 1.75 bits per heavy atom. The van der Waals surface area contributed by atoms with Crippen LogP contribution in [0.1, 0.15) is 29.3 Å². The first-order valence-corrected chi connectivity index (χ1v) is 8.95. The van der Waals surface area contributed by atoms with E-state index in [0.29, 0.717) is 23.5 Å². The summed E-state index contributed by atoms with van der Waals surface area (Å²) in [6, 6.07) is 15.1. The minimum absolute atomic E-state index is 0.128. The number of carbonyl (C=O) groups excluding carboxylic acids is 2. The fourth-order valence-corrected chi connectivity index (χ4v) is 2.79. The molecule has 0 radical (unpaired) electrons. The van der Waals surface area contributed by atoms with Gasteiger partial charge in [0.05, 0.1) is 17.0 Å². The van der Waals surface area contributed by atoms with E-state index in [2.05, 4.69) is 10.6 Å². The molecule has 2 N–H and O–H groups in total. The molecule has 0 aliphatic carbocycles. The van der Waals surface area contributed by atoms with Crippen LogP contribution in [0.4, 0.5) is 5.69 Å². The smallest absolute Gasteiger partial charge is 0.253 e. The number of anilines is 1. The standard InChI is InChI=1S/C19H22N2O2S/c1-3-12-20-19(23)16-6-4-5-7-17(16)21-18(22)13-24-15-10-8-14(2)9-11-15/h4-11H,3,12-13H2,1-2H3,(H,20,23)(H,21,22). The highest BCUT2D eigenvalue weighted by Crippen LogP contribution is 2.20. The number of nitrogens with one attached hydrogen (secondary N) is 2. The molecule has 0 atom stereocenters. The average Bonchev–Trinajstić information content (AvgIpc) is 2.59. The van der Waals surface area contributed by atoms with Crippen LogP contribution >= 0.6 is 11.8 Å². The van der Waals surface area contributed by atoms with Gasteiger partial charge in [0.2, 0.25) is 5.91 Å². The van der Waals surface area contributed by atoms with Crippen molar-refractivity contribution in [2.45, 2.75) is 25.2 Å². The molecule has 2 aromatic carbocycles.